The molecule has 0 radical (unpaired) electrons. The van der Waals surface area contributed by atoms with Crippen molar-refractivity contribution >= 4 is 31.3 Å². The van der Waals surface area contributed by atoms with Crippen LogP contribution in [0.4, 0.5) is 10.6 Å². The van der Waals surface area contributed by atoms with E-state index in [2.05, 4.69) is 15.3 Å². The van der Waals surface area contributed by atoms with Crippen LogP contribution in [0.5, 0.6) is 0 Å². The van der Waals surface area contributed by atoms with Crippen LogP contribution in [0.2, 0.25) is 0 Å². The lowest BCUT2D eigenvalue weighted by atomic mass is 10.0. The van der Waals surface area contributed by atoms with Gasteiger partial charge >= 0.3 is 13.7 Å². The van der Waals surface area contributed by atoms with Gasteiger partial charge < -0.3 is 39.6 Å². The Morgan fingerprint density at radius 2 is 1.75 bits per heavy atom. The molecule has 2 atom stereocenters. The Hall–Kier alpha value is -3.58. The van der Waals surface area contributed by atoms with Gasteiger partial charge in [-0.05, 0) is 25.7 Å². The molecule has 2 aliphatic rings. The average molecular weight is 633 g/mol. The molecule has 1 aromatic carbocycles. The van der Waals surface area contributed by atoms with Crippen LogP contribution in [-0.2, 0) is 14.1 Å². The summed E-state index contributed by atoms with van der Waals surface area (Å²) in [6.07, 6.45) is 2.83. The second-order valence-electron chi connectivity index (χ2n) is 11.0. The molecule has 3 amide bonds. The molecular weight excluding hydrogens is 591 g/mol. The lowest BCUT2D eigenvalue weighted by Gasteiger charge is -2.36. The van der Waals surface area contributed by atoms with Gasteiger partial charge in [0.15, 0.2) is 5.82 Å². The molecule has 0 bridgehead atoms. The number of rotatable bonds is 11. The minimum atomic E-state index is -4.73. The van der Waals surface area contributed by atoms with E-state index in [1.807, 2.05) is 30.0 Å². The molecule has 0 saturated carbocycles. The van der Waals surface area contributed by atoms with E-state index in [0.717, 1.165) is 32.1 Å². The maximum absolute atomic E-state index is 13.6. The number of hydrogen-bond donors (Lipinski definition) is 4. The van der Waals surface area contributed by atoms with E-state index < -0.39 is 37.7 Å². The summed E-state index contributed by atoms with van der Waals surface area (Å²) in [6, 6.07) is 8.78. The van der Waals surface area contributed by atoms with Gasteiger partial charge in [0, 0.05) is 44.4 Å². The highest BCUT2D eigenvalue weighted by atomic mass is 31.2. The van der Waals surface area contributed by atoms with E-state index in [-0.39, 0.29) is 50.3 Å². The van der Waals surface area contributed by atoms with Gasteiger partial charge in [0.1, 0.15) is 17.6 Å². The van der Waals surface area contributed by atoms with Crippen molar-refractivity contribution < 1.29 is 38.6 Å². The van der Waals surface area contributed by atoms with Gasteiger partial charge in [-0.25, -0.2) is 14.8 Å². The summed E-state index contributed by atoms with van der Waals surface area (Å²) in [7, 11) is -4.73. The second kappa shape index (κ2) is 15.4. The third kappa shape index (κ3) is 8.98. The summed E-state index contributed by atoms with van der Waals surface area (Å²) in [5, 5.41) is 12.5. The summed E-state index contributed by atoms with van der Waals surface area (Å²) < 4.78 is 17.3. The summed E-state index contributed by atoms with van der Waals surface area (Å²) in [4.78, 5) is 72.8. The normalized spacial score (nSPS) is 18.1. The number of nitrogens with one attached hydrogen (secondary N) is 1. The number of benzene rings is 1. The number of piperidine rings is 1. The summed E-state index contributed by atoms with van der Waals surface area (Å²) in [6.45, 7) is 3.42. The van der Waals surface area contributed by atoms with E-state index in [4.69, 9.17) is 4.74 Å². The molecular formula is C29H41N6O8P. The molecule has 4 N–H and O–H groups in total. The fourth-order valence-corrected chi connectivity index (χ4v) is 6.01. The summed E-state index contributed by atoms with van der Waals surface area (Å²) in [5.74, 6) is -0.777. The first-order valence-corrected chi connectivity index (χ1v) is 16.8. The van der Waals surface area contributed by atoms with E-state index in [1.165, 1.54) is 15.9 Å². The highest BCUT2D eigenvalue weighted by Gasteiger charge is 2.35. The van der Waals surface area contributed by atoms with Gasteiger partial charge in [0.2, 0.25) is 5.91 Å². The number of amides is 3. The fraction of sp³-hybridized carbons (Fsp3) is 0.552. The summed E-state index contributed by atoms with van der Waals surface area (Å²) >= 11 is 0. The monoisotopic (exact) mass is 632 g/mol. The number of unbranched alkanes of at least 4 members (excludes halogenated alkanes) is 1. The number of carbonyl (C=O) groups is 3. The average Bonchev–Trinajstić information content (AvgIpc) is 3.03. The number of carbonyl (C=O) groups excluding carboxylic acids is 3. The third-order valence-electron chi connectivity index (χ3n) is 7.71. The van der Waals surface area contributed by atoms with Gasteiger partial charge in [0.05, 0.1) is 25.4 Å². The van der Waals surface area contributed by atoms with Crippen LogP contribution in [0.25, 0.3) is 11.4 Å². The minimum Gasteiger partial charge on any atom is -0.449 e. The zero-order chi connectivity index (χ0) is 31.7. The Morgan fingerprint density at radius 3 is 2.41 bits per heavy atom. The Morgan fingerprint density at radius 1 is 1.05 bits per heavy atom. The molecule has 14 nitrogen and oxygen atoms in total. The third-order valence-corrected chi connectivity index (χ3v) is 8.55. The van der Waals surface area contributed by atoms with Gasteiger partial charge in [-0.15, -0.1) is 0 Å². The van der Waals surface area contributed by atoms with Crippen LogP contribution in [0.3, 0.4) is 0 Å². The van der Waals surface area contributed by atoms with Gasteiger partial charge in [0.25, 0.3) is 5.91 Å². The number of piperazine rings is 1. The van der Waals surface area contributed by atoms with Crippen molar-refractivity contribution in [1.82, 2.24) is 25.1 Å². The molecule has 2 fully saturated rings. The quantitative estimate of drug-likeness (QED) is 0.209. The first-order chi connectivity index (χ1) is 21.1. The molecule has 0 aliphatic carbocycles. The molecule has 2 aliphatic heterocycles. The van der Waals surface area contributed by atoms with Crippen LogP contribution in [0, 0.1) is 0 Å². The minimum absolute atomic E-state index is 0.0840. The zero-order valence-electron chi connectivity index (χ0n) is 24.9. The van der Waals surface area contributed by atoms with Crippen LogP contribution < -0.4 is 10.2 Å². The highest BCUT2D eigenvalue weighted by molar-refractivity contribution is 7.51. The predicted octanol–water partition coefficient (Wildman–Crippen LogP) is 1.85. The largest absolute Gasteiger partial charge is 0.449 e. The molecule has 0 spiro atoms. The Balaban J connectivity index is 1.55. The molecule has 240 valence electrons. The number of anilines is 1. The van der Waals surface area contributed by atoms with Crippen molar-refractivity contribution in [3.8, 4) is 11.4 Å². The smallest absolute Gasteiger partial charge is 0.409 e. The van der Waals surface area contributed by atoms with Crippen molar-refractivity contribution in [2.24, 2.45) is 0 Å². The molecule has 2 saturated heterocycles. The van der Waals surface area contributed by atoms with Gasteiger partial charge in [-0.2, -0.15) is 0 Å². The molecule has 2 aromatic rings. The first-order valence-electron chi connectivity index (χ1n) is 15.0. The first kappa shape index (κ1) is 33.3. The standard InChI is InChI=1S/C29H41N6O8P/c1-2-3-17-43-29(39)34-15-13-33(14-16-34)28(38)24(20-44(40,41)42)31-27(37)23-18-25(35-12-8-7-11-22(35)19-36)32-26(30-23)21-9-5-4-6-10-21/h4-6,9-10,18,22,24,36H,2-3,7-8,11-17,19-20H2,1H3,(H,31,37)(H2,40,41,42). The van der Waals surface area contributed by atoms with E-state index in [9.17, 15) is 33.8 Å². The Bertz CT molecular complexity index is 1330. The van der Waals surface area contributed by atoms with Crippen LogP contribution in [-0.4, -0.2) is 117 Å². The molecule has 44 heavy (non-hydrogen) atoms. The molecule has 2 unspecified atom stereocenters. The number of aliphatic hydroxyl groups is 1. The number of ether oxygens (including phenoxy) is 1. The number of nitrogens with zero attached hydrogens (tertiary/aromatic N) is 5. The molecule has 3 heterocycles. The van der Waals surface area contributed by atoms with Crippen molar-refractivity contribution in [2.45, 2.75) is 51.1 Å². The van der Waals surface area contributed by atoms with Crippen LogP contribution in [0.1, 0.15) is 49.5 Å². The number of aromatic nitrogens is 2. The van der Waals surface area contributed by atoms with E-state index in [1.54, 1.807) is 12.1 Å². The van der Waals surface area contributed by atoms with Crippen molar-refractivity contribution in [3.63, 3.8) is 0 Å². The van der Waals surface area contributed by atoms with Crippen molar-refractivity contribution in [1.29, 1.82) is 0 Å². The molecule has 4 rings (SSSR count). The fourth-order valence-electron chi connectivity index (χ4n) is 5.29. The van der Waals surface area contributed by atoms with Gasteiger partial charge in [-0.1, -0.05) is 43.7 Å². The maximum atomic E-state index is 13.6. The topological polar surface area (TPSA) is 186 Å². The predicted molar refractivity (Wildman–Crippen MR) is 162 cm³/mol. The van der Waals surface area contributed by atoms with Gasteiger partial charge in [-0.3, -0.25) is 14.2 Å². The Kier molecular flexibility index (Phi) is 11.7. The molecule has 1 aromatic heterocycles. The molecule has 15 heteroatoms. The van der Waals surface area contributed by atoms with Crippen molar-refractivity contribution in [3.05, 3.63) is 42.1 Å². The zero-order valence-corrected chi connectivity index (χ0v) is 25.8. The number of aliphatic hydroxyl groups excluding tert-OH is 1. The number of hydrogen-bond acceptors (Lipinski definition) is 9. The Labute approximate surface area is 256 Å². The van der Waals surface area contributed by atoms with E-state index >= 15 is 0 Å². The lowest BCUT2D eigenvalue weighted by molar-refractivity contribution is -0.134. The van der Waals surface area contributed by atoms with Crippen LogP contribution >= 0.6 is 7.60 Å². The maximum Gasteiger partial charge on any atom is 0.409 e. The van der Waals surface area contributed by atoms with Crippen LogP contribution in [0.15, 0.2) is 36.4 Å². The summed E-state index contributed by atoms with van der Waals surface area (Å²) in [5.41, 5.74) is 0.564. The SMILES string of the molecule is CCCCOC(=O)N1CCN(C(=O)C(CP(=O)(O)O)NC(=O)c2cc(N3CCCCC3CO)nc(-c3ccccc3)n2)CC1. The van der Waals surface area contributed by atoms with Crippen molar-refractivity contribution in [2.75, 3.05) is 57.0 Å². The van der Waals surface area contributed by atoms with E-state index in [0.29, 0.717) is 24.5 Å². The highest BCUT2D eigenvalue weighted by Crippen LogP contribution is 2.35. The second-order valence-corrected chi connectivity index (χ2v) is 12.7. The lowest BCUT2D eigenvalue weighted by Crippen LogP contribution is -2.56.